The van der Waals surface area contributed by atoms with Gasteiger partial charge in [-0.15, -0.1) is 12.5 Å². The average molecular weight is 370 g/mol. The lowest BCUT2D eigenvalue weighted by molar-refractivity contribution is -0.439. The summed E-state index contributed by atoms with van der Waals surface area (Å²) in [5, 5.41) is 0. The van der Waals surface area contributed by atoms with Gasteiger partial charge in [0.25, 0.3) is 0 Å². The quantitative estimate of drug-likeness (QED) is 0.272. The van der Waals surface area contributed by atoms with E-state index in [0.717, 1.165) is 0 Å². The van der Waals surface area contributed by atoms with Gasteiger partial charge in [-0.3, -0.25) is 0 Å². The summed E-state index contributed by atoms with van der Waals surface area (Å²) < 4.78 is 32.3. The number of rotatable bonds is 8. The third kappa shape index (κ3) is 4.83. The van der Waals surface area contributed by atoms with E-state index in [1.165, 1.54) is 28.1 Å². The minimum atomic E-state index is -1.47. The van der Waals surface area contributed by atoms with E-state index in [1.54, 1.807) is 13.0 Å². The number of carbonyl (C=O) groups is 2. The van der Waals surface area contributed by atoms with Gasteiger partial charge in [0.1, 0.15) is 0 Å². The lowest BCUT2D eigenvalue weighted by Crippen LogP contribution is -2.68. The first-order valence-electron chi connectivity index (χ1n) is 8.08. The van der Waals surface area contributed by atoms with Gasteiger partial charge in [-0.25, -0.2) is 9.59 Å². The second-order valence-corrected chi connectivity index (χ2v) is 5.66. The maximum absolute atomic E-state index is 12.4. The van der Waals surface area contributed by atoms with Gasteiger partial charge in [-0.2, -0.15) is 0 Å². The van der Waals surface area contributed by atoms with E-state index in [2.05, 4.69) is 18.4 Å². The topological polar surface area (TPSA) is 89.5 Å². The highest BCUT2D eigenvalue weighted by Gasteiger charge is 2.60. The molecule has 8 heteroatoms. The molecule has 1 fully saturated rings. The fourth-order valence-electron chi connectivity index (χ4n) is 2.22. The predicted molar refractivity (Wildman–Crippen MR) is 90.8 cm³/mol. The molecule has 0 spiro atoms. The molecule has 8 nitrogen and oxygen atoms in total. The highest BCUT2D eigenvalue weighted by Crippen LogP contribution is 2.39. The van der Waals surface area contributed by atoms with Gasteiger partial charge in [-0.1, -0.05) is 12.0 Å². The third-order valence-corrected chi connectivity index (χ3v) is 4.08. The molecule has 26 heavy (non-hydrogen) atoms. The van der Waals surface area contributed by atoms with Crippen molar-refractivity contribution >= 4 is 11.9 Å². The first-order valence-corrected chi connectivity index (χ1v) is 8.08. The Hall–Kier alpha value is -1.92. The summed E-state index contributed by atoms with van der Waals surface area (Å²) in [6.07, 6.45) is -0.743. The zero-order valence-corrected chi connectivity index (χ0v) is 15.8. The van der Waals surface area contributed by atoms with Crippen molar-refractivity contribution in [2.75, 3.05) is 27.4 Å². The Morgan fingerprint density at radius 2 is 1.58 bits per heavy atom. The summed E-state index contributed by atoms with van der Waals surface area (Å²) in [4.78, 5) is 24.8. The van der Waals surface area contributed by atoms with Crippen LogP contribution in [0.15, 0.2) is 12.7 Å². The molecule has 0 aromatic rings. The normalized spacial score (nSPS) is 30.7. The Kier molecular flexibility index (Phi) is 8.24. The molecule has 0 radical (unpaired) electrons. The Bertz CT molecular complexity index is 577. The highest BCUT2D eigenvalue weighted by molar-refractivity contribution is 5.86. The summed E-state index contributed by atoms with van der Waals surface area (Å²) in [7, 11) is 2.74. The zero-order valence-electron chi connectivity index (χ0n) is 15.8. The molecule has 0 N–H and O–H groups in total. The number of carbonyl (C=O) groups excluding carboxylic acids is 2. The van der Waals surface area contributed by atoms with Crippen LogP contribution in [0.5, 0.6) is 0 Å². The maximum atomic E-state index is 12.4. The van der Waals surface area contributed by atoms with Crippen LogP contribution >= 0.6 is 0 Å². The summed E-state index contributed by atoms with van der Waals surface area (Å²) in [6.45, 7) is 8.18. The molecule has 1 aliphatic heterocycles. The SMILES string of the molecule is C=CCCOC(=O)[C@@H]1O[C@@](C)(OC)[C@](C)(OC)O[C@H]1C(=O)OCC#CC. The number of hydrogen-bond acceptors (Lipinski definition) is 8. The van der Waals surface area contributed by atoms with Crippen molar-refractivity contribution < 1.29 is 38.0 Å². The van der Waals surface area contributed by atoms with Gasteiger partial charge in [0.2, 0.25) is 11.6 Å². The summed E-state index contributed by atoms with van der Waals surface area (Å²) in [6, 6.07) is 0. The maximum Gasteiger partial charge on any atom is 0.339 e. The van der Waals surface area contributed by atoms with E-state index in [9.17, 15) is 9.59 Å². The van der Waals surface area contributed by atoms with Crippen LogP contribution in [-0.2, 0) is 38.0 Å². The van der Waals surface area contributed by atoms with Crippen LogP contribution in [0, 0.1) is 11.8 Å². The molecule has 0 aliphatic carbocycles. The molecule has 1 saturated heterocycles. The largest absolute Gasteiger partial charge is 0.463 e. The predicted octanol–water partition coefficient (Wildman–Crippen LogP) is 1.18. The van der Waals surface area contributed by atoms with Crippen LogP contribution in [0.25, 0.3) is 0 Å². The van der Waals surface area contributed by atoms with Gasteiger partial charge >= 0.3 is 11.9 Å². The minimum absolute atomic E-state index is 0.0938. The second kappa shape index (κ2) is 9.69. The molecule has 0 unspecified atom stereocenters. The lowest BCUT2D eigenvalue weighted by atomic mass is 10.0. The van der Waals surface area contributed by atoms with Crippen LogP contribution in [0.4, 0.5) is 0 Å². The van der Waals surface area contributed by atoms with E-state index in [0.29, 0.717) is 6.42 Å². The lowest BCUT2D eigenvalue weighted by Gasteiger charge is -2.50. The fourth-order valence-corrected chi connectivity index (χ4v) is 2.22. The van der Waals surface area contributed by atoms with E-state index in [-0.39, 0.29) is 13.2 Å². The standard InChI is InChI=1S/C18H26O8/c1-7-9-11-23-15(19)13-14(16(20)24-12-10-8-2)26-18(4,22-6)17(3,21-5)25-13/h7,13-14H,1,9,11-12H2,2-6H3/t13-,14-,17-,18-/m1/s1. The first-order chi connectivity index (χ1) is 12.3. The molecule has 0 aromatic carbocycles. The Balaban J connectivity index is 3.08. The second-order valence-electron chi connectivity index (χ2n) is 5.66. The smallest absolute Gasteiger partial charge is 0.339 e. The monoisotopic (exact) mass is 370 g/mol. The number of methoxy groups -OCH3 is 2. The average Bonchev–Trinajstić information content (AvgIpc) is 2.63. The van der Waals surface area contributed by atoms with Gasteiger partial charge in [-0.05, 0) is 27.2 Å². The summed E-state index contributed by atoms with van der Waals surface area (Å²) in [5.41, 5.74) is 0. The van der Waals surface area contributed by atoms with Crippen LogP contribution in [0.2, 0.25) is 0 Å². The van der Waals surface area contributed by atoms with Crippen LogP contribution in [0.3, 0.4) is 0 Å². The van der Waals surface area contributed by atoms with Crippen molar-refractivity contribution in [3.05, 3.63) is 12.7 Å². The molecular weight excluding hydrogens is 344 g/mol. The number of esters is 2. The third-order valence-electron chi connectivity index (χ3n) is 4.08. The number of ether oxygens (including phenoxy) is 6. The molecule has 0 aromatic heterocycles. The summed E-state index contributed by atoms with van der Waals surface area (Å²) >= 11 is 0. The minimum Gasteiger partial charge on any atom is -0.463 e. The van der Waals surface area contributed by atoms with Gasteiger partial charge in [0, 0.05) is 14.2 Å². The van der Waals surface area contributed by atoms with Crippen molar-refractivity contribution in [3.8, 4) is 11.8 Å². The zero-order chi connectivity index (χ0) is 19.8. The Morgan fingerprint density at radius 3 is 2.00 bits per heavy atom. The van der Waals surface area contributed by atoms with Gasteiger partial charge in [0.05, 0.1) is 6.61 Å². The van der Waals surface area contributed by atoms with Crippen LogP contribution in [-0.4, -0.2) is 63.2 Å². The molecule has 4 atom stereocenters. The molecule has 146 valence electrons. The van der Waals surface area contributed by atoms with Crippen molar-refractivity contribution in [1.82, 2.24) is 0 Å². The fraction of sp³-hybridized carbons (Fsp3) is 0.667. The van der Waals surface area contributed by atoms with E-state index >= 15 is 0 Å². The van der Waals surface area contributed by atoms with Crippen molar-refractivity contribution in [3.63, 3.8) is 0 Å². The molecule has 1 aliphatic rings. The van der Waals surface area contributed by atoms with Crippen LogP contribution < -0.4 is 0 Å². The molecule has 0 amide bonds. The molecular formula is C18H26O8. The van der Waals surface area contributed by atoms with Crippen molar-refractivity contribution in [2.45, 2.75) is 51.0 Å². The highest BCUT2D eigenvalue weighted by atomic mass is 16.8. The van der Waals surface area contributed by atoms with Gasteiger partial charge < -0.3 is 28.4 Å². The van der Waals surface area contributed by atoms with Crippen molar-refractivity contribution in [2.24, 2.45) is 0 Å². The summed E-state index contributed by atoms with van der Waals surface area (Å²) in [5.74, 6) is 0.652. The molecule has 1 rings (SSSR count). The van der Waals surface area contributed by atoms with Crippen LogP contribution in [0.1, 0.15) is 27.2 Å². The Labute approximate surface area is 153 Å². The molecule has 1 heterocycles. The Morgan fingerprint density at radius 1 is 1.08 bits per heavy atom. The van der Waals surface area contributed by atoms with Crippen molar-refractivity contribution in [1.29, 1.82) is 0 Å². The molecule has 0 saturated carbocycles. The van der Waals surface area contributed by atoms with E-state index in [4.69, 9.17) is 28.4 Å². The molecule has 0 bridgehead atoms. The first kappa shape index (κ1) is 22.1. The number of hydrogen-bond donors (Lipinski definition) is 0. The van der Waals surface area contributed by atoms with E-state index < -0.39 is 35.7 Å². The van der Waals surface area contributed by atoms with E-state index in [1.807, 2.05) is 0 Å². The van der Waals surface area contributed by atoms with Gasteiger partial charge in [0.15, 0.2) is 18.8 Å².